The summed E-state index contributed by atoms with van der Waals surface area (Å²) in [6.45, 7) is 0. The van der Waals surface area contributed by atoms with Gasteiger partial charge in [-0.25, -0.2) is 0 Å². The maximum atomic E-state index is 9.80. The first-order valence-corrected chi connectivity index (χ1v) is 4.51. The Balaban J connectivity index is 2.33. The first-order chi connectivity index (χ1) is 6.29. The van der Waals surface area contributed by atoms with Crippen LogP contribution >= 0.6 is 15.9 Å². The molecule has 0 saturated heterocycles. The monoisotopic (exact) mass is 242 g/mol. The van der Waals surface area contributed by atoms with Crippen molar-refractivity contribution in [2.45, 2.75) is 6.10 Å². The molecule has 0 aliphatic carbocycles. The zero-order valence-electron chi connectivity index (χ0n) is 6.61. The smallest absolute Gasteiger partial charge is 0.175 e. The zero-order chi connectivity index (χ0) is 9.26. The van der Waals surface area contributed by atoms with Crippen LogP contribution in [0.4, 0.5) is 0 Å². The standard InChI is InChI=1S/C9H7BrO3/c10-9-7(2-4-13-9)8(11)6-1-3-12-5-6/h1-5,8,11H. The summed E-state index contributed by atoms with van der Waals surface area (Å²) in [4.78, 5) is 0. The molecule has 2 heterocycles. The number of hydrogen-bond acceptors (Lipinski definition) is 3. The van der Waals surface area contributed by atoms with Gasteiger partial charge in [0.2, 0.25) is 0 Å². The fourth-order valence-electron chi connectivity index (χ4n) is 1.11. The number of furan rings is 2. The normalized spacial score (nSPS) is 13.1. The van der Waals surface area contributed by atoms with Crippen LogP contribution in [0.5, 0.6) is 0 Å². The Morgan fingerprint density at radius 1 is 1.31 bits per heavy atom. The zero-order valence-corrected chi connectivity index (χ0v) is 8.19. The molecule has 0 bridgehead atoms. The van der Waals surface area contributed by atoms with Crippen LogP contribution in [0.3, 0.4) is 0 Å². The van der Waals surface area contributed by atoms with Crippen molar-refractivity contribution in [3.63, 3.8) is 0 Å². The Morgan fingerprint density at radius 3 is 2.69 bits per heavy atom. The van der Waals surface area contributed by atoms with Gasteiger partial charge in [0, 0.05) is 11.1 Å². The van der Waals surface area contributed by atoms with Gasteiger partial charge >= 0.3 is 0 Å². The molecular formula is C9H7BrO3. The van der Waals surface area contributed by atoms with E-state index >= 15 is 0 Å². The molecule has 13 heavy (non-hydrogen) atoms. The van der Waals surface area contributed by atoms with E-state index < -0.39 is 6.10 Å². The highest BCUT2D eigenvalue weighted by Crippen LogP contribution is 2.29. The van der Waals surface area contributed by atoms with Gasteiger partial charge in [-0.15, -0.1) is 0 Å². The summed E-state index contributed by atoms with van der Waals surface area (Å²) >= 11 is 3.20. The molecular weight excluding hydrogens is 236 g/mol. The number of aliphatic hydroxyl groups excluding tert-OH is 1. The quantitative estimate of drug-likeness (QED) is 0.881. The SMILES string of the molecule is OC(c1ccoc1)c1ccoc1Br. The highest BCUT2D eigenvalue weighted by molar-refractivity contribution is 9.10. The number of aliphatic hydroxyl groups is 1. The second-order valence-electron chi connectivity index (χ2n) is 2.61. The second kappa shape index (κ2) is 3.40. The van der Waals surface area contributed by atoms with Crippen LogP contribution in [-0.4, -0.2) is 5.11 Å². The van der Waals surface area contributed by atoms with Gasteiger partial charge in [-0.1, -0.05) is 0 Å². The van der Waals surface area contributed by atoms with E-state index in [-0.39, 0.29) is 0 Å². The molecule has 1 unspecified atom stereocenters. The maximum Gasteiger partial charge on any atom is 0.175 e. The van der Waals surface area contributed by atoms with Crippen molar-refractivity contribution < 1.29 is 13.9 Å². The lowest BCUT2D eigenvalue weighted by atomic mass is 10.1. The third-order valence-electron chi connectivity index (χ3n) is 1.80. The fourth-order valence-corrected chi connectivity index (χ4v) is 1.57. The minimum Gasteiger partial charge on any atom is -0.472 e. The highest BCUT2D eigenvalue weighted by Gasteiger charge is 2.16. The lowest BCUT2D eigenvalue weighted by Crippen LogP contribution is -1.96. The largest absolute Gasteiger partial charge is 0.472 e. The maximum absolute atomic E-state index is 9.80. The van der Waals surface area contributed by atoms with E-state index in [4.69, 9.17) is 8.83 Å². The van der Waals surface area contributed by atoms with Crippen LogP contribution < -0.4 is 0 Å². The Morgan fingerprint density at radius 2 is 2.15 bits per heavy atom. The van der Waals surface area contributed by atoms with Gasteiger partial charge in [-0.05, 0) is 28.1 Å². The van der Waals surface area contributed by atoms with E-state index in [1.165, 1.54) is 18.8 Å². The third-order valence-corrected chi connectivity index (χ3v) is 2.44. The molecule has 4 heteroatoms. The van der Waals surface area contributed by atoms with Crippen molar-refractivity contribution >= 4 is 15.9 Å². The molecule has 3 nitrogen and oxygen atoms in total. The summed E-state index contributed by atoms with van der Waals surface area (Å²) in [6, 6.07) is 3.42. The van der Waals surface area contributed by atoms with E-state index in [2.05, 4.69) is 15.9 Å². The van der Waals surface area contributed by atoms with Crippen molar-refractivity contribution in [1.82, 2.24) is 0 Å². The summed E-state index contributed by atoms with van der Waals surface area (Å²) in [7, 11) is 0. The van der Waals surface area contributed by atoms with Crippen molar-refractivity contribution in [3.8, 4) is 0 Å². The molecule has 1 N–H and O–H groups in total. The van der Waals surface area contributed by atoms with Crippen LogP contribution in [-0.2, 0) is 0 Å². The van der Waals surface area contributed by atoms with Crippen LogP contribution in [0.25, 0.3) is 0 Å². The Hall–Kier alpha value is -1.00. The average molecular weight is 243 g/mol. The van der Waals surface area contributed by atoms with Gasteiger partial charge < -0.3 is 13.9 Å². The number of halogens is 1. The van der Waals surface area contributed by atoms with E-state index in [0.29, 0.717) is 15.8 Å². The minimum atomic E-state index is -0.702. The van der Waals surface area contributed by atoms with Crippen LogP contribution in [0, 0.1) is 0 Å². The van der Waals surface area contributed by atoms with Crippen molar-refractivity contribution in [2.24, 2.45) is 0 Å². The summed E-state index contributed by atoms with van der Waals surface area (Å²) in [5.41, 5.74) is 1.41. The van der Waals surface area contributed by atoms with Gasteiger partial charge in [0.25, 0.3) is 0 Å². The lowest BCUT2D eigenvalue weighted by molar-refractivity contribution is 0.217. The Kier molecular flexibility index (Phi) is 2.24. The van der Waals surface area contributed by atoms with Crippen molar-refractivity contribution in [1.29, 1.82) is 0 Å². The molecule has 0 aliphatic heterocycles. The molecule has 2 aromatic rings. The number of rotatable bonds is 2. The summed E-state index contributed by atoms with van der Waals surface area (Å²) in [6.07, 6.45) is 3.84. The molecule has 0 radical (unpaired) electrons. The van der Waals surface area contributed by atoms with Gasteiger partial charge in [-0.2, -0.15) is 0 Å². The molecule has 2 aromatic heterocycles. The molecule has 0 aliphatic rings. The van der Waals surface area contributed by atoms with Crippen LogP contribution in [0.2, 0.25) is 0 Å². The van der Waals surface area contributed by atoms with Gasteiger partial charge in [0.05, 0.1) is 18.8 Å². The summed E-state index contributed by atoms with van der Waals surface area (Å²) < 4.78 is 10.4. The summed E-state index contributed by atoms with van der Waals surface area (Å²) in [5, 5.41) is 9.80. The topological polar surface area (TPSA) is 46.5 Å². The molecule has 0 amide bonds. The minimum absolute atomic E-state index is 0.543. The third kappa shape index (κ3) is 1.55. The van der Waals surface area contributed by atoms with E-state index in [0.717, 1.165) is 0 Å². The van der Waals surface area contributed by atoms with Gasteiger partial charge in [0.1, 0.15) is 6.10 Å². The second-order valence-corrected chi connectivity index (χ2v) is 3.33. The molecule has 68 valence electrons. The molecule has 2 rings (SSSR count). The molecule has 0 spiro atoms. The highest BCUT2D eigenvalue weighted by atomic mass is 79.9. The Bertz CT molecular complexity index is 377. The predicted molar refractivity (Wildman–Crippen MR) is 49.2 cm³/mol. The fraction of sp³-hybridized carbons (Fsp3) is 0.111. The predicted octanol–water partition coefficient (Wildman–Crippen LogP) is 2.72. The molecule has 0 saturated carbocycles. The first kappa shape index (κ1) is 8.59. The first-order valence-electron chi connectivity index (χ1n) is 3.72. The molecule has 0 aromatic carbocycles. The van der Waals surface area contributed by atoms with Gasteiger partial charge in [0.15, 0.2) is 4.67 Å². The molecule has 1 atom stereocenters. The van der Waals surface area contributed by atoms with E-state index in [9.17, 15) is 5.11 Å². The van der Waals surface area contributed by atoms with Crippen molar-refractivity contribution in [3.05, 3.63) is 46.7 Å². The van der Waals surface area contributed by atoms with Crippen LogP contribution in [0.15, 0.2) is 44.4 Å². The Labute approximate surface area is 83.1 Å². The van der Waals surface area contributed by atoms with Crippen molar-refractivity contribution in [2.75, 3.05) is 0 Å². The molecule has 0 fully saturated rings. The summed E-state index contributed by atoms with van der Waals surface area (Å²) in [5.74, 6) is 0. The lowest BCUT2D eigenvalue weighted by Gasteiger charge is -2.04. The number of hydrogen-bond donors (Lipinski definition) is 1. The van der Waals surface area contributed by atoms with Gasteiger partial charge in [-0.3, -0.25) is 0 Å². The van der Waals surface area contributed by atoms with Crippen LogP contribution in [0.1, 0.15) is 17.2 Å². The van der Waals surface area contributed by atoms with E-state index in [1.807, 2.05) is 0 Å². The average Bonchev–Trinajstić information content (AvgIpc) is 2.72. The van der Waals surface area contributed by atoms with E-state index in [1.54, 1.807) is 12.1 Å².